The molecular formula is C25H20BrNO5S. The second-order valence-electron chi connectivity index (χ2n) is 7.09. The van der Waals surface area contributed by atoms with E-state index in [2.05, 4.69) is 15.9 Å². The molecule has 0 saturated heterocycles. The van der Waals surface area contributed by atoms with Gasteiger partial charge in [-0.3, -0.25) is 4.57 Å². The standard InChI is InChI=1S/C25H20BrNO5S/c1-2-32-25(29)22-21(17-9-5-3-6-10-17)24(33(30,31)20-11-7-4-8-12-20)27(23(22)28)19-15-13-18(26)14-16-19/h3-16,28H,2H2,1H3. The summed E-state index contributed by atoms with van der Waals surface area (Å²) in [6, 6.07) is 23.3. The smallest absolute Gasteiger partial charge is 0.344 e. The highest BCUT2D eigenvalue weighted by molar-refractivity contribution is 9.10. The minimum absolute atomic E-state index is 0.0356. The van der Waals surface area contributed by atoms with Gasteiger partial charge in [-0.05, 0) is 48.9 Å². The lowest BCUT2D eigenvalue weighted by atomic mass is 10.0. The van der Waals surface area contributed by atoms with Crippen LogP contribution < -0.4 is 0 Å². The molecule has 1 aromatic heterocycles. The van der Waals surface area contributed by atoms with Crippen molar-refractivity contribution in [3.8, 4) is 22.7 Å². The molecule has 0 amide bonds. The van der Waals surface area contributed by atoms with Gasteiger partial charge in [0.1, 0.15) is 5.56 Å². The normalized spacial score (nSPS) is 11.3. The second-order valence-corrected chi connectivity index (χ2v) is 9.87. The van der Waals surface area contributed by atoms with Crippen molar-refractivity contribution in [1.29, 1.82) is 0 Å². The number of carbonyl (C=O) groups excluding carboxylic acids is 1. The molecule has 0 spiro atoms. The first-order chi connectivity index (χ1) is 15.9. The number of carbonyl (C=O) groups is 1. The van der Waals surface area contributed by atoms with Crippen LogP contribution in [0.4, 0.5) is 0 Å². The Labute approximate surface area is 200 Å². The molecule has 6 nitrogen and oxygen atoms in total. The summed E-state index contributed by atoms with van der Waals surface area (Å²) in [5.74, 6) is -1.32. The van der Waals surface area contributed by atoms with Gasteiger partial charge in [-0.15, -0.1) is 0 Å². The van der Waals surface area contributed by atoms with Gasteiger partial charge in [0.25, 0.3) is 0 Å². The first-order valence-corrected chi connectivity index (χ1v) is 12.4. The molecule has 0 aliphatic rings. The van der Waals surface area contributed by atoms with Gasteiger partial charge < -0.3 is 9.84 Å². The Hall–Kier alpha value is -3.36. The van der Waals surface area contributed by atoms with Gasteiger partial charge in [-0.1, -0.05) is 64.5 Å². The van der Waals surface area contributed by atoms with E-state index in [1.165, 1.54) is 16.7 Å². The van der Waals surface area contributed by atoms with Crippen molar-refractivity contribution in [2.75, 3.05) is 6.61 Å². The molecule has 0 radical (unpaired) electrons. The Bertz CT molecular complexity index is 1400. The lowest BCUT2D eigenvalue weighted by Gasteiger charge is -2.13. The molecule has 0 aliphatic heterocycles. The summed E-state index contributed by atoms with van der Waals surface area (Å²) in [5.41, 5.74) is 0.706. The third-order valence-corrected chi connectivity index (χ3v) is 7.35. The third kappa shape index (κ3) is 4.19. The quantitative estimate of drug-likeness (QED) is 0.330. The van der Waals surface area contributed by atoms with E-state index in [0.717, 1.165) is 4.47 Å². The van der Waals surface area contributed by atoms with Crippen molar-refractivity contribution in [3.63, 3.8) is 0 Å². The lowest BCUT2D eigenvalue weighted by molar-refractivity contribution is 0.0524. The van der Waals surface area contributed by atoms with Crippen LogP contribution in [0.2, 0.25) is 0 Å². The molecule has 1 N–H and O–H groups in total. The van der Waals surface area contributed by atoms with Crippen LogP contribution >= 0.6 is 15.9 Å². The number of rotatable bonds is 6. The zero-order chi connectivity index (χ0) is 23.6. The van der Waals surface area contributed by atoms with Crippen LogP contribution in [-0.4, -0.2) is 30.7 Å². The molecule has 33 heavy (non-hydrogen) atoms. The molecule has 168 valence electrons. The molecule has 0 fully saturated rings. The maximum absolute atomic E-state index is 13.9. The first-order valence-electron chi connectivity index (χ1n) is 10.1. The summed E-state index contributed by atoms with van der Waals surface area (Å²) >= 11 is 3.37. The molecule has 0 saturated carbocycles. The fourth-order valence-corrected chi connectivity index (χ4v) is 5.53. The summed E-state index contributed by atoms with van der Waals surface area (Å²) in [5, 5.41) is 11.0. The molecule has 4 rings (SSSR count). The van der Waals surface area contributed by atoms with Gasteiger partial charge in [-0.2, -0.15) is 0 Å². The minimum Gasteiger partial charge on any atom is -0.494 e. The molecule has 0 unspecified atom stereocenters. The van der Waals surface area contributed by atoms with Gasteiger partial charge >= 0.3 is 5.97 Å². The Morgan fingerprint density at radius 2 is 1.52 bits per heavy atom. The first kappa shape index (κ1) is 22.8. The van der Waals surface area contributed by atoms with Crippen molar-refractivity contribution in [2.24, 2.45) is 0 Å². The fraction of sp³-hybridized carbons (Fsp3) is 0.0800. The van der Waals surface area contributed by atoms with Gasteiger partial charge in [0, 0.05) is 15.7 Å². The summed E-state index contributed by atoms with van der Waals surface area (Å²) in [6.07, 6.45) is 0. The molecule has 8 heteroatoms. The van der Waals surface area contributed by atoms with Crippen molar-refractivity contribution in [3.05, 3.63) is 95.0 Å². The maximum atomic E-state index is 13.9. The van der Waals surface area contributed by atoms with E-state index in [1.54, 1.807) is 79.7 Å². The van der Waals surface area contributed by atoms with Crippen LogP contribution in [-0.2, 0) is 14.6 Å². The number of aromatic nitrogens is 1. The largest absolute Gasteiger partial charge is 0.494 e. The van der Waals surface area contributed by atoms with Crippen molar-refractivity contribution in [1.82, 2.24) is 4.57 Å². The lowest BCUT2D eigenvalue weighted by Crippen LogP contribution is -2.10. The number of aromatic hydroxyl groups is 1. The number of nitrogens with zero attached hydrogens (tertiary/aromatic N) is 1. The molecule has 0 bridgehead atoms. The summed E-state index contributed by atoms with van der Waals surface area (Å²) in [6.45, 7) is 1.71. The number of hydrogen-bond donors (Lipinski definition) is 1. The van der Waals surface area contributed by atoms with E-state index < -0.39 is 21.7 Å². The summed E-state index contributed by atoms with van der Waals surface area (Å²) < 4.78 is 35.0. The zero-order valence-electron chi connectivity index (χ0n) is 17.6. The van der Waals surface area contributed by atoms with E-state index in [1.807, 2.05) is 0 Å². The fourth-order valence-electron chi connectivity index (χ4n) is 3.60. The van der Waals surface area contributed by atoms with Gasteiger partial charge in [0.2, 0.25) is 15.7 Å². The number of ether oxygens (including phenoxy) is 1. The van der Waals surface area contributed by atoms with Crippen LogP contribution in [0, 0.1) is 0 Å². The topological polar surface area (TPSA) is 85.6 Å². The highest BCUT2D eigenvalue weighted by Crippen LogP contribution is 2.43. The van der Waals surface area contributed by atoms with E-state index >= 15 is 0 Å². The average molecular weight is 526 g/mol. The molecular weight excluding hydrogens is 506 g/mol. The highest BCUT2D eigenvalue weighted by Gasteiger charge is 2.36. The SMILES string of the molecule is CCOC(=O)c1c(-c2ccccc2)c(S(=O)(=O)c2ccccc2)n(-c2ccc(Br)cc2)c1O. The number of esters is 1. The predicted octanol–water partition coefficient (Wildman–Crippen LogP) is 5.62. The third-order valence-electron chi connectivity index (χ3n) is 5.04. The van der Waals surface area contributed by atoms with E-state index in [9.17, 15) is 18.3 Å². The van der Waals surface area contributed by atoms with E-state index in [0.29, 0.717) is 11.3 Å². The Morgan fingerprint density at radius 1 is 0.939 bits per heavy atom. The molecule has 3 aromatic carbocycles. The van der Waals surface area contributed by atoms with Crippen LogP contribution in [0.5, 0.6) is 5.88 Å². The predicted molar refractivity (Wildman–Crippen MR) is 128 cm³/mol. The van der Waals surface area contributed by atoms with Gasteiger partial charge in [0.05, 0.1) is 11.5 Å². The van der Waals surface area contributed by atoms with E-state index in [4.69, 9.17) is 4.74 Å². The Kier molecular flexibility index (Phi) is 6.40. The second kappa shape index (κ2) is 9.25. The van der Waals surface area contributed by atoms with E-state index in [-0.39, 0.29) is 27.7 Å². The van der Waals surface area contributed by atoms with Crippen molar-refractivity contribution >= 4 is 31.7 Å². The molecule has 4 aromatic rings. The highest BCUT2D eigenvalue weighted by atomic mass is 79.9. The molecule has 0 aliphatic carbocycles. The summed E-state index contributed by atoms with van der Waals surface area (Å²) in [7, 11) is -4.17. The number of benzene rings is 3. The average Bonchev–Trinajstić information content (AvgIpc) is 3.14. The zero-order valence-corrected chi connectivity index (χ0v) is 20.0. The summed E-state index contributed by atoms with van der Waals surface area (Å²) in [4.78, 5) is 13.0. The van der Waals surface area contributed by atoms with Crippen LogP contribution in [0.25, 0.3) is 16.8 Å². The Balaban J connectivity index is 2.17. The number of halogens is 1. The Morgan fingerprint density at radius 3 is 2.09 bits per heavy atom. The maximum Gasteiger partial charge on any atom is 0.344 e. The molecule has 1 heterocycles. The number of sulfone groups is 1. The molecule has 0 atom stereocenters. The van der Waals surface area contributed by atoms with Gasteiger partial charge in [0.15, 0.2) is 5.03 Å². The van der Waals surface area contributed by atoms with Crippen LogP contribution in [0.1, 0.15) is 17.3 Å². The van der Waals surface area contributed by atoms with Gasteiger partial charge in [-0.25, -0.2) is 13.2 Å². The van der Waals surface area contributed by atoms with Crippen molar-refractivity contribution < 1.29 is 23.1 Å². The van der Waals surface area contributed by atoms with Crippen molar-refractivity contribution in [2.45, 2.75) is 16.8 Å². The van der Waals surface area contributed by atoms with Crippen LogP contribution in [0.3, 0.4) is 0 Å². The monoisotopic (exact) mass is 525 g/mol. The minimum atomic E-state index is -4.17. The van der Waals surface area contributed by atoms with Crippen LogP contribution in [0.15, 0.2) is 99.3 Å². The number of hydrogen-bond acceptors (Lipinski definition) is 5.